The minimum absolute atomic E-state index is 0.0654. The van der Waals surface area contributed by atoms with Crippen LogP contribution < -0.4 is 5.32 Å². The van der Waals surface area contributed by atoms with Crippen LogP contribution >= 0.6 is 0 Å². The number of likely N-dealkylation sites (tertiary alicyclic amines) is 1. The smallest absolute Gasteiger partial charge is 0.309 e. The largest absolute Gasteiger partial charge is 0.469 e. The number of carbonyl (C=O) groups is 2. The van der Waals surface area contributed by atoms with Crippen LogP contribution in [0.25, 0.3) is 0 Å². The molecule has 1 aromatic heterocycles. The lowest BCUT2D eigenvalue weighted by atomic mass is 9.98. The molecule has 1 saturated heterocycles. The standard InChI is InChI=1S/C15H22N2O4/c1-11(13-6-4-8-21-13)16-14(18)10-17-7-3-5-12(9-17)15(19)20-2/h4,6,8,11-12H,3,5,7,9-10H2,1-2H3,(H,16,18). The molecule has 1 aromatic rings. The predicted octanol–water partition coefficient (Wildman–Crippen LogP) is 1.34. The van der Waals surface area contributed by atoms with E-state index in [0.717, 1.165) is 25.1 Å². The van der Waals surface area contributed by atoms with Crippen molar-refractivity contribution < 1.29 is 18.7 Å². The number of hydrogen-bond acceptors (Lipinski definition) is 5. The Kier molecular flexibility index (Phi) is 5.38. The van der Waals surface area contributed by atoms with Crippen molar-refractivity contribution in [2.45, 2.75) is 25.8 Å². The minimum atomic E-state index is -0.191. The molecule has 6 nitrogen and oxygen atoms in total. The van der Waals surface area contributed by atoms with Gasteiger partial charge in [0.2, 0.25) is 5.91 Å². The zero-order chi connectivity index (χ0) is 15.2. The van der Waals surface area contributed by atoms with E-state index in [2.05, 4.69) is 5.32 Å². The first-order valence-electron chi connectivity index (χ1n) is 7.23. The van der Waals surface area contributed by atoms with Gasteiger partial charge in [0.05, 0.1) is 31.9 Å². The number of carbonyl (C=O) groups excluding carboxylic acids is 2. The van der Waals surface area contributed by atoms with Crippen molar-refractivity contribution in [3.05, 3.63) is 24.2 Å². The van der Waals surface area contributed by atoms with Crippen LogP contribution in [0.3, 0.4) is 0 Å². The van der Waals surface area contributed by atoms with E-state index in [1.807, 2.05) is 17.9 Å². The molecule has 1 aliphatic heterocycles. The van der Waals surface area contributed by atoms with Gasteiger partial charge in [-0.15, -0.1) is 0 Å². The number of rotatable bonds is 5. The molecule has 1 fully saturated rings. The maximum Gasteiger partial charge on any atom is 0.309 e. The van der Waals surface area contributed by atoms with Crippen LogP contribution in [0.5, 0.6) is 0 Å². The highest BCUT2D eigenvalue weighted by molar-refractivity contribution is 5.78. The maximum absolute atomic E-state index is 12.1. The molecular weight excluding hydrogens is 272 g/mol. The molecule has 0 aromatic carbocycles. The van der Waals surface area contributed by atoms with Crippen LogP contribution in [0.1, 0.15) is 31.6 Å². The van der Waals surface area contributed by atoms with Gasteiger partial charge in [0.25, 0.3) is 0 Å². The molecule has 116 valence electrons. The Hall–Kier alpha value is -1.82. The van der Waals surface area contributed by atoms with Crippen molar-refractivity contribution in [1.82, 2.24) is 10.2 Å². The number of nitrogens with one attached hydrogen (secondary N) is 1. The summed E-state index contributed by atoms with van der Waals surface area (Å²) in [6, 6.07) is 3.47. The predicted molar refractivity (Wildman–Crippen MR) is 76.4 cm³/mol. The van der Waals surface area contributed by atoms with Gasteiger partial charge in [0.1, 0.15) is 5.76 Å². The second-order valence-electron chi connectivity index (χ2n) is 5.40. The first kappa shape index (κ1) is 15.6. The van der Waals surface area contributed by atoms with Crippen LogP contribution in [0, 0.1) is 5.92 Å². The van der Waals surface area contributed by atoms with E-state index in [0.29, 0.717) is 13.1 Å². The lowest BCUT2D eigenvalue weighted by Crippen LogP contribution is -2.44. The third-order valence-corrected chi connectivity index (χ3v) is 3.75. The lowest BCUT2D eigenvalue weighted by Gasteiger charge is -2.30. The van der Waals surface area contributed by atoms with Crippen molar-refractivity contribution in [2.75, 3.05) is 26.7 Å². The number of piperidine rings is 1. The molecule has 1 amide bonds. The van der Waals surface area contributed by atoms with E-state index in [9.17, 15) is 9.59 Å². The molecule has 0 spiro atoms. The van der Waals surface area contributed by atoms with Crippen LogP contribution in [0.2, 0.25) is 0 Å². The van der Waals surface area contributed by atoms with E-state index in [4.69, 9.17) is 9.15 Å². The lowest BCUT2D eigenvalue weighted by molar-refractivity contribution is -0.147. The summed E-state index contributed by atoms with van der Waals surface area (Å²) in [5, 5.41) is 2.90. The molecule has 2 atom stereocenters. The summed E-state index contributed by atoms with van der Waals surface area (Å²) in [6.45, 7) is 3.58. The zero-order valence-electron chi connectivity index (χ0n) is 12.5. The molecule has 21 heavy (non-hydrogen) atoms. The molecular formula is C15H22N2O4. The summed E-state index contributed by atoms with van der Waals surface area (Å²) in [4.78, 5) is 25.6. The number of hydrogen-bond donors (Lipinski definition) is 1. The average Bonchev–Trinajstić information content (AvgIpc) is 3.00. The molecule has 0 aliphatic carbocycles. The number of nitrogens with zero attached hydrogens (tertiary/aromatic N) is 1. The van der Waals surface area contributed by atoms with Crippen LogP contribution in [-0.2, 0) is 14.3 Å². The maximum atomic E-state index is 12.1. The normalized spacial score (nSPS) is 20.8. The van der Waals surface area contributed by atoms with Gasteiger partial charge in [-0.2, -0.15) is 0 Å². The van der Waals surface area contributed by atoms with Gasteiger partial charge < -0.3 is 14.5 Å². The summed E-state index contributed by atoms with van der Waals surface area (Å²) in [6.07, 6.45) is 3.32. The third kappa shape index (κ3) is 4.32. The van der Waals surface area contributed by atoms with Gasteiger partial charge in [0.15, 0.2) is 0 Å². The van der Waals surface area contributed by atoms with Crippen LogP contribution in [-0.4, -0.2) is 43.5 Å². The molecule has 1 aliphatic rings. The fourth-order valence-corrected chi connectivity index (χ4v) is 2.66. The van der Waals surface area contributed by atoms with Gasteiger partial charge in [-0.05, 0) is 38.4 Å². The van der Waals surface area contributed by atoms with Gasteiger partial charge in [0, 0.05) is 6.54 Å². The number of furan rings is 1. The third-order valence-electron chi connectivity index (χ3n) is 3.75. The molecule has 0 saturated carbocycles. The summed E-state index contributed by atoms with van der Waals surface area (Å²) in [5.41, 5.74) is 0. The Morgan fingerprint density at radius 3 is 3.05 bits per heavy atom. The Morgan fingerprint density at radius 2 is 2.38 bits per heavy atom. The van der Waals surface area contributed by atoms with Gasteiger partial charge in [-0.3, -0.25) is 14.5 Å². The molecule has 0 radical (unpaired) electrons. The summed E-state index contributed by atoms with van der Waals surface area (Å²) < 4.78 is 10.0. The fourth-order valence-electron chi connectivity index (χ4n) is 2.66. The van der Waals surface area contributed by atoms with E-state index in [1.54, 1.807) is 12.3 Å². The Balaban J connectivity index is 1.80. The summed E-state index contributed by atoms with van der Waals surface area (Å²) >= 11 is 0. The van der Waals surface area contributed by atoms with E-state index in [-0.39, 0.29) is 23.8 Å². The minimum Gasteiger partial charge on any atom is -0.469 e. The van der Waals surface area contributed by atoms with Crippen molar-refractivity contribution in [3.8, 4) is 0 Å². The highest BCUT2D eigenvalue weighted by Gasteiger charge is 2.27. The molecule has 6 heteroatoms. The van der Waals surface area contributed by atoms with Crippen molar-refractivity contribution in [1.29, 1.82) is 0 Å². The van der Waals surface area contributed by atoms with Crippen molar-refractivity contribution in [2.24, 2.45) is 5.92 Å². The SMILES string of the molecule is COC(=O)C1CCCN(CC(=O)NC(C)c2ccco2)C1. The highest BCUT2D eigenvalue weighted by Crippen LogP contribution is 2.17. The topological polar surface area (TPSA) is 71.8 Å². The molecule has 2 unspecified atom stereocenters. The highest BCUT2D eigenvalue weighted by atomic mass is 16.5. The monoisotopic (exact) mass is 294 g/mol. The summed E-state index contributed by atoms with van der Waals surface area (Å²) in [7, 11) is 1.40. The summed E-state index contributed by atoms with van der Waals surface area (Å²) in [5.74, 6) is 0.349. The average molecular weight is 294 g/mol. The molecule has 1 N–H and O–H groups in total. The van der Waals surface area contributed by atoms with E-state index < -0.39 is 0 Å². The van der Waals surface area contributed by atoms with E-state index >= 15 is 0 Å². The number of esters is 1. The van der Waals surface area contributed by atoms with Gasteiger partial charge >= 0.3 is 5.97 Å². The van der Waals surface area contributed by atoms with Crippen LogP contribution in [0.4, 0.5) is 0 Å². The number of amides is 1. The molecule has 2 rings (SSSR count). The second kappa shape index (κ2) is 7.26. The van der Waals surface area contributed by atoms with Gasteiger partial charge in [-0.25, -0.2) is 0 Å². The molecule has 0 bridgehead atoms. The van der Waals surface area contributed by atoms with Crippen LogP contribution in [0.15, 0.2) is 22.8 Å². The van der Waals surface area contributed by atoms with Crippen molar-refractivity contribution >= 4 is 11.9 Å². The first-order valence-corrected chi connectivity index (χ1v) is 7.23. The Labute approximate surface area is 124 Å². The first-order chi connectivity index (χ1) is 10.1. The number of ether oxygens (including phenoxy) is 1. The van der Waals surface area contributed by atoms with E-state index in [1.165, 1.54) is 7.11 Å². The Morgan fingerprint density at radius 1 is 1.57 bits per heavy atom. The zero-order valence-corrected chi connectivity index (χ0v) is 12.5. The van der Waals surface area contributed by atoms with Crippen molar-refractivity contribution in [3.63, 3.8) is 0 Å². The quantitative estimate of drug-likeness (QED) is 0.830. The second-order valence-corrected chi connectivity index (χ2v) is 5.40. The Bertz CT molecular complexity index is 472. The fraction of sp³-hybridized carbons (Fsp3) is 0.600. The van der Waals surface area contributed by atoms with Gasteiger partial charge in [-0.1, -0.05) is 0 Å². The molecule has 2 heterocycles. The number of methoxy groups -OCH3 is 1.